The summed E-state index contributed by atoms with van der Waals surface area (Å²) in [6.07, 6.45) is 0. The van der Waals surface area contributed by atoms with Crippen molar-refractivity contribution in [3.8, 4) is 0 Å². The molecular weight excluding hydrogens is 284 g/mol. The average Bonchev–Trinajstić information content (AvgIpc) is 2.51. The van der Waals surface area contributed by atoms with Gasteiger partial charge in [0.1, 0.15) is 0 Å². The van der Waals surface area contributed by atoms with Gasteiger partial charge in [0.15, 0.2) is 0 Å². The van der Waals surface area contributed by atoms with Gasteiger partial charge < -0.3 is 9.47 Å². The number of aryl methyl sites for hydroxylation is 1. The fourth-order valence-corrected chi connectivity index (χ4v) is 2.95. The molecule has 0 heterocycles. The molecule has 0 N–H and O–H groups in total. The predicted molar refractivity (Wildman–Crippen MR) is 95.9 cm³/mol. The summed E-state index contributed by atoms with van der Waals surface area (Å²) in [5.74, 6) is 0. The first-order chi connectivity index (χ1) is 10.9. The Morgan fingerprint density at radius 2 is 1.26 bits per heavy atom. The van der Waals surface area contributed by atoms with Crippen LogP contribution < -0.4 is 0 Å². The van der Waals surface area contributed by atoms with E-state index in [9.17, 15) is 0 Å². The number of hydrogen-bond donors (Lipinski definition) is 0. The second kappa shape index (κ2) is 7.29. The van der Waals surface area contributed by atoms with Crippen LogP contribution in [0.4, 0.5) is 0 Å². The van der Waals surface area contributed by atoms with Crippen molar-refractivity contribution in [3.63, 3.8) is 0 Å². The minimum Gasteiger partial charge on any atom is -0.380 e. The molecule has 2 nitrogen and oxygen atoms in total. The Morgan fingerprint density at radius 3 is 1.70 bits per heavy atom. The third kappa shape index (κ3) is 3.82. The van der Waals surface area contributed by atoms with Crippen LogP contribution in [0.15, 0.2) is 36.4 Å². The van der Waals surface area contributed by atoms with Crippen LogP contribution >= 0.6 is 0 Å². The van der Waals surface area contributed by atoms with Crippen molar-refractivity contribution in [1.82, 2.24) is 0 Å². The standard InChI is InChI=1S/C21H28O2/c1-15-7-9-19(10-8-15)21(3,4)20-11-17(13-22-5)16(2)18(12-20)14-23-6/h7-12H,13-14H2,1-6H3. The molecule has 0 spiro atoms. The Bertz CT molecular complexity index is 627. The summed E-state index contributed by atoms with van der Waals surface area (Å²) in [5.41, 5.74) is 7.57. The molecule has 0 aromatic heterocycles. The summed E-state index contributed by atoms with van der Waals surface area (Å²) >= 11 is 0. The topological polar surface area (TPSA) is 18.5 Å². The molecule has 0 unspecified atom stereocenters. The first-order valence-corrected chi connectivity index (χ1v) is 8.08. The second-order valence-corrected chi connectivity index (χ2v) is 6.78. The average molecular weight is 312 g/mol. The van der Waals surface area contributed by atoms with E-state index in [1.807, 2.05) is 0 Å². The van der Waals surface area contributed by atoms with Gasteiger partial charge in [-0.3, -0.25) is 0 Å². The zero-order chi connectivity index (χ0) is 17.0. The highest BCUT2D eigenvalue weighted by molar-refractivity contribution is 5.45. The SMILES string of the molecule is COCc1cc(C(C)(C)c2ccc(C)cc2)cc(COC)c1C. The third-order valence-electron chi connectivity index (χ3n) is 4.72. The summed E-state index contributed by atoms with van der Waals surface area (Å²) in [5, 5.41) is 0. The van der Waals surface area contributed by atoms with Gasteiger partial charge in [0.2, 0.25) is 0 Å². The van der Waals surface area contributed by atoms with E-state index in [0.717, 1.165) is 0 Å². The number of ether oxygens (including phenoxy) is 2. The molecule has 0 saturated carbocycles. The lowest BCUT2D eigenvalue weighted by Crippen LogP contribution is -2.20. The molecular formula is C21H28O2. The van der Waals surface area contributed by atoms with Crippen LogP contribution in [0.25, 0.3) is 0 Å². The second-order valence-electron chi connectivity index (χ2n) is 6.78. The van der Waals surface area contributed by atoms with Crippen LogP contribution in [0.3, 0.4) is 0 Å². The highest BCUT2D eigenvalue weighted by Crippen LogP contribution is 2.34. The maximum absolute atomic E-state index is 5.39. The molecule has 0 atom stereocenters. The van der Waals surface area contributed by atoms with Crippen molar-refractivity contribution < 1.29 is 9.47 Å². The number of benzene rings is 2. The van der Waals surface area contributed by atoms with Crippen LogP contribution in [0.1, 0.15) is 47.2 Å². The van der Waals surface area contributed by atoms with Gasteiger partial charge in [-0.1, -0.05) is 55.8 Å². The summed E-state index contributed by atoms with van der Waals surface area (Å²) in [6.45, 7) is 10.1. The molecule has 124 valence electrons. The maximum Gasteiger partial charge on any atom is 0.0715 e. The first-order valence-electron chi connectivity index (χ1n) is 8.08. The minimum absolute atomic E-state index is 0.0631. The first kappa shape index (κ1) is 17.7. The van der Waals surface area contributed by atoms with Gasteiger partial charge in [-0.15, -0.1) is 0 Å². The maximum atomic E-state index is 5.39. The van der Waals surface area contributed by atoms with Crippen molar-refractivity contribution in [2.75, 3.05) is 14.2 Å². The fraction of sp³-hybridized carbons (Fsp3) is 0.429. The zero-order valence-electron chi connectivity index (χ0n) is 15.2. The molecule has 0 bridgehead atoms. The Hall–Kier alpha value is -1.64. The van der Waals surface area contributed by atoms with Gasteiger partial charge in [0.25, 0.3) is 0 Å². The quantitative estimate of drug-likeness (QED) is 0.753. The molecule has 2 heteroatoms. The highest BCUT2D eigenvalue weighted by atomic mass is 16.5. The Kier molecular flexibility index (Phi) is 5.61. The molecule has 0 aliphatic heterocycles. The third-order valence-corrected chi connectivity index (χ3v) is 4.72. The van der Waals surface area contributed by atoms with E-state index in [4.69, 9.17) is 9.47 Å². The van der Waals surface area contributed by atoms with E-state index in [-0.39, 0.29) is 5.41 Å². The largest absolute Gasteiger partial charge is 0.380 e. The Labute approximate surface area is 140 Å². The number of hydrogen-bond acceptors (Lipinski definition) is 2. The van der Waals surface area contributed by atoms with Crippen molar-refractivity contribution in [2.45, 2.75) is 46.3 Å². The van der Waals surface area contributed by atoms with Crippen LogP contribution in [0, 0.1) is 13.8 Å². The lowest BCUT2D eigenvalue weighted by molar-refractivity contribution is 0.178. The molecule has 0 fully saturated rings. The normalized spacial score (nSPS) is 11.7. The number of rotatable bonds is 6. The van der Waals surface area contributed by atoms with Gasteiger partial charge in [-0.05, 0) is 41.7 Å². The van der Waals surface area contributed by atoms with Gasteiger partial charge in [-0.2, -0.15) is 0 Å². The Balaban J connectivity index is 2.53. The van der Waals surface area contributed by atoms with E-state index in [2.05, 4.69) is 64.1 Å². The summed E-state index contributed by atoms with van der Waals surface area (Å²) < 4.78 is 10.8. The summed E-state index contributed by atoms with van der Waals surface area (Å²) in [4.78, 5) is 0. The highest BCUT2D eigenvalue weighted by Gasteiger charge is 2.24. The molecule has 2 aromatic carbocycles. The smallest absolute Gasteiger partial charge is 0.0715 e. The lowest BCUT2D eigenvalue weighted by atomic mass is 9.76. The van der Waals surface area contributed by atoms with E-state index in [1.165, 1.54) is 33.4 Å². The van der Waals surface area contributed by atoms with Crippen molar-refractivity contribution in [1.29, 1.82) is 0 Å². The molecule has 0 aliphatic carbocycles. The summed E-state index contributed by atoms with van der Waals surface area (Å²) in [7, 11) is 3.49. The molecule has 2 aromatic rings. The van der Waals surface area contributed by atoms with Crippen LogP contribution in [-0.2, 0) is 28.1 Å². The molecule has 0 saturated heterocycles. The van der Waals surface area contributed by atoms with Gasteiger partial charge in [0.05, 0.1) is 13.2 Å². The minimum atomic E-state index is -0.0631. The molecule has 0 aliphatic rings. The lowest BCUT2D eigenvalue weighted by Gasteiger charge is -2.28. The van der Waals surface area contributed by atoms with Crippen LogP contribution in [0.5, 0.6) is 0 Å². The van der Waals surface area contributed by atoms with Gasteiger partial charge in [0, 0.05) is 19.6 Å². The zero-order valence-corrected chi connectivity index (χ0v) is 15.2. The molecule has 2 rings (SSSR count). The van der Waals surface area contributed by atoms with Crippen LogP contribution in [-0.4, -0.2) is 14.2 Å². The van der Waals surface area contributed by atoms with Crippen LogP contribution in [0.2, 0.25) is 0 Å². The van der Waals surface area contributed by atoms with Gasteiger partial charge in [-0.25, -0.2) is 0 Å². The van der Waals surface area contributed by atoms with E-state index in [1.54, 1.807) is 14.2 Å². The van der Waals surface area contributed by atoms with Gasteiger partial charge >= 0.3 is 0 Å². The van der Waals surface area contributed by atoms with Crippen molar-refractivity contribution >= 4 is 0 Å². The Morgan fingerprint density at radius 1 is 0.783 bits per heavy atom. The van der Waals surface area contributed by atoms with E-state index in [0.29, 0.717) is 13.2 Å². The molecule has 0 radical (unpaired) electrons. The predicted octanol–water partition coefficient (Wildman–Crippen LogP) is 4.92. The summed E-state index contributed by atoms with van der Waals surface area (Å²) in [6, 6.07) is 13.4. The number of methoxy groups -OCH3 is 2. The van der Waals surface area contributed by atoms with Crippen molar-refractivity contribution in [2.24, 2.45) is 0 Å². The van der Waals surface area contributed by atoms with E-state index >= 15 is 0 Å². The monoisotopic (exact) mass is 312 g/mol. The molecule has 23 heavy (non-hydrogen) atoms. The van der Waals surface area contributed by atoms with Crippen molar-refractivity contribution in [3.05, 3.63) is 69.8 Å². The fourth-order valence-electron chi connectivity index (χ4n) is 2.95. The van der Waals surface area contributed by atoms with E-state index < -0.39 is 0 Å². The molecule has 0 amide bonds.